The summed E-state index contributed by atoms with van der Waals surface area (Å²) in [6.07, 6.45) is 1.72. The topological polar surface area (TPSA) is 57.4 Å². The lowest BCUT2D eigenvalue weighted by Crippen LogP contribution is -1.97. The van der Waals surface area contributed by atoms with Crippen LogP contribution in [0.4, 0.5) is 0 Å². The molecule has 1 aliphatic heterocycles. The Morgan fingerprint density at radius 1 is 1.09 bits per heavy atom. The van der Waals surface area contributed by atoms with Gasteiger partial charge in [-0.1, -0.05) is 13.8 Å². The molecule has 0 spiro atoms. The average Bonchev–Trinajstić information content (AvgIpc) is 2.84. The summed E-state index contributed by atoms with van der Waals surface area (Å²) >= 11 is 1.68. The van der Waals surface area contributed by atoms with Crippen LogP contribution in [0.3, 0.4) is 0 Å². The molecule has 0 radical (unpaired) electrons. The molecule has 0 fully saturated rings. The first-order valence-corrected chi connectivity index (χ1v) is 8.88. The van der Waals surface area contributed by atoms with Crippen molar-refractivity contribution in [2.24, 2.45) is 5.92 Å². The molecule has 0 unspecified atom stereocenters. The molecular formula is C17H22N2O3S. The lowest BCUT2D eigenvalue weighted by molar-refractivity contribution is 0.297. The number of fused-ring (bicyclic) bond motifs is 1. The minimum absolute atomic E-state index is 0.0909. The largest absolute Gasteiger partial charge is 0.490 e. The van der Waals surface area contributed by atoms with E-state index in [2.05, 4.69) is 31.0 Å². The Hall–Kier alpha value is -1.69. The number of nitrogens with zero attached hydrogens (tertiary/aromatic N) is 2. The SMILES string of the molecule is CC(C)Cc1nnc([C@@H](C)Sc2ccc3c(c2)OCCCO3)o1. The molecule has 6 heteroatoms. The quantitative estimate of drug-likeness (QED) is 0.761. The Kier molecular flexibility index (Phi) is 5.10. The second kappa shape index (κ2) is 7.25. The summed E-state index contributed by atoms with van der Waals surface area (Å²) < 4.78 is 17.2. The van der Waals surface area contributed by atoms with Crippen molar-refractivity contribution in [3.63, 3.8) is 0 Å². The van der Waals surface area contributed by atoms with E-state index < -0.39 is 0 Å². The summed E-state index contributed by atoms with van der Waals surface area (Å²) in [5.74, 6) is 3.51. The molecule has 0 saturated carbocycles. The van der Waals surface area contributed by atoms with Gasteiger partial charge in [0.15, 0.2) is 11.5 Å². The third kappa shape index (κ3) is 4.19. The van der Waals surface area contributed by atoms with E-state index in [4.69, 9.17) is 13.9 Å². The van der Waals surface area contributed by atoms with Crippen molar-refractivity contribution in [2.75, 3.05) is 13.2 Å². The van der Waals surface area contributed by atoms with Crippen LogP contribution in [-0.4, -0.2) is 23.4 Å². The van der Waals surface area contributed by atoms with E-state index in [0.717, 1.165) is 29.2 Å². The first kappa shape index (κ1) is 16.2. The molecule has 2 heterocycles. The highest BCUT2D eigenvalue weighted by Gasteiger charge is 2.18. The maximum Gasteiger partial charge on any atom is 0.229 e. The Balaban J connectivity index is 1.68. The van der Waals surface area contributed by atoms with Crippen molar-refractivity contribution in [3.05, 3.63) is 30.0 Å². The standard InChI is InChI=1S/C17H22N2O3S/c1-11(2)9-16-18-19-17(22-16)12(3)23-13-5-6-14-15(10-13)21-8-4-7-20-14/h5-6,10-12H,4,7-9H2,1-3H3/t12-/m1/s1. The van der Waals surface area contributed by atoms with Gasteiger partial charge in [-0.15, -0.1) is 22.0 Å². The van der Waals surface area contributed by atoms with E-state index in [0.29, 0.717) is 30.9 Å². The third-order valence-electron chi connectivity index (χ3n) is 3.44. The summed E-state index contributed by atoms with van der Waals surface area (Å²) in [5, 5.41) is 8.39. The van der Waals surface area contributed by atoms with Crippen LogP contribution in [0.2, 0.25) is 0 Å². The fourth-order valence-electron chi connectivity index (χ4n) is 2.33. The first-order chi connectivity index (χ1) is 11.1. The smallest absolute Gasteiger partial charge is 0.229 e. The molecule has 0 amide bonds. The van der Waals surface area contributed by atoms with Crippen LogP contribution >= 0.6 is 11.8 Å². The molecule has 0 bridgehead atoms. The average molecular weight is 334 g/mol. The van der Waals surface area contributed by atoms with Crippen LogP contribution in [0.5, 0.6) is 11.5 Å². The molecule has 1 aromatic carbocycles. The van der Waals surface area contributed by atoms with Gasteiger partial charge in [-0.05, 0) is 31.0 Å². The van der Waals surface area contributed by atoms with Crippen LogP contribution in [-0.2, 0) is 6.42 Å². The molecule has 1 aromatic heterocycles. The molecular weight excluding hydrogens is 312 g/mol. The number of benzene rings is 1. The van der Waals surface area contributed by atoms with Crippen molar-refractivity contribution in [3.8, 4) is 11.5 Å². The maximum atomic E-state index is 5.76. The molecule has 0 N–H and O–H groups in total. The van der Waals surface area contributed by atoms with Crippen molar-refractivity contribution in [1.29, 1.82) is 0 Å². The van der Waals surface area contributed by atoms with E-state index in [1.165, 1.54) is 0 Å². The van der Waals surface area contributed by atoms with Crippen LogP contribution in [0.25, 0.3) is 0 Å². The monoisotopic (exact) mass is 334 g/mol. The molecule has 0 aliphatic carbocycles. The summed E-state index contributed by atoms with van der Waals surface area (Å²) in [5.41, 5.74) is 0. The molecule has 1 aliphatic rings. The Morgan fingerprint density at radius 3 is 2.65 bits per heavy atom. The van der Waals surface area contributed by atoms with Gasteiger partial charge in [0, 0.05) is 17.7 Å². The van der Waals surface area contributed by atoms with Gasteiger partial charge in [0.25, 0.3) is 0 Å². The van der Waals surface area contributed by atoms with Crippen LogP contribution in [0, 0.1) is 5.92 Å². The highest BCUT2D eigenvalue weighted by molar-refractivity contribution is 7.99. The number of aromatic nitrogens is 2. The molecule has 3 rings (SSSR count). The summed E-state index contributed by atoms with van der Waals surface area (Å²) in [6, 6.07) is 6.03. The van der Waals surface area contributed by atoms with Gasteiger partial charge in [-0.2, -0.15) is 0 Å². The highest BCUT2D eigenvalue weighted by atomic mass is 32.2. The van der Waals surface area contributed by atoms with Gasteiger partial charge in [0.1, 0.15) is 0 Å². The Morgan fingerprint density at radius 2 is 1.87 bits per heavy atom. The van der Waals surface area contributed by atoms with Gasteiger partial charge in [-0.25, -0.2) is 0 Å². The van der Waals surface area contributed by atoms with Gasteiger partial charge < -0.3 is 13.9 Å². The zero-order chi connectivity index (χ0) is 16.2. The first-order valence-electron chi connectivity index (χ1n) is 8.00. The van der Waals surface area contributed by atoms with Crippen molar-refractivity contribution < 1.29 is 13.9 Å². The molecule has 2 aromatic rings. The fraction of sp³-hybridized carbons (Fsp3) is 0.529. The lowest BCUT2D eigenvalue weighted by atomic mass is 10.1. The predicted molar refractivity (Wildman–Crippen MR) is 89.2 cm³/mol. The lowest BCUT2D eigenvalue weighted by Gasteiger charge is -2.11. The van der Waals surface area contributed by atoms with E-state index in [1.54, 1.807) is 11.8 Å². The van der Waals surface area contributed by atoms with Crippen LogP contribution in [0.15, 0.2) is 27.5 Å². The molecule has 5 nitrogen and oxygen atoms in total. The number of hydrogen-bond donors (Lipinski definition) is 0. The van der Waals surface area contributed by atoms with Crippen molar-refractivity contribution in [1.82, 2.24) is 10.2 Å². The minimum Gasteiger partial charge on any atom is -0.490 e. The van der Waals surface area contributed by atoms with Gasteiger partial charge >= 0.3 is 0 Å². The summed E-state index contributed by atoms with van der Waals surface area (Å²) in [7, 11) is 0. The zero-order valence-electron chi connectivity index (χ0n) is 13.7. The van der Waals surface area contributed by atoms with E-state index in [-0.39, 0.29) is 5.25 Å². The van der Waals surface area contributed by atoms with E-state index in [1.807, 2.05) is 18.2 Å². The third-order valence-corrected chi connectivity index (χ3v) is 4.53. The Labute approximate surface area is 140 Å². The van der Waals surface area contributed by atoms with Crippen LogP contribution in [0.1, 0.15) is 44.2 Å². The zero-order valence-corrected chi connectivity index (χ0v) is 14.6. The molecule has 124 valence electrons. The fourth-order valence-corrected chi connectivity index (χ4v) is 3.26. The van der Waals surface area contributed by atoms with Crippen molar-refractivity contribution >= 4 is 11.8 Å². The summed E-state index contributed by atoms with van der Waals surface area (Å²) in [6.45, 7) is 7.75. The summed E-state index contributed by atoms with van der Waals surface area (Å²) in [4.78, 5) is 1.10. The molecule has 1 atom stereocenters. The Bertz CT molecular complexity index is 657. The van der Waals surface area contributed by atoms with E-state index >= 15 is 0 Å². The van der Waals surface area contributed by atoms with Gasteiger partial charge in [0.2, 0.25) is 11.8 Å². The number of rotatable bonds is 5. The van der Waals surface area contributed by atoms with Crippen LogP contribution < -0.4 is 9.47 Å². The van der Waals surface area contributed by atoms with E-state index in [9.17, 15) is 0 Å². The second-order valence-electron chi connectivity index (χ2n) is 6.05. The second-order valence-corrected chi connectivity index (χ2v) is 7.47. The highest BCUT2D eigenvalue weighted by Crippen LogP contribution is 2.39. The maximum absolute atomic E-state index is 5.76. The molecule has 0 saturated heterocycles. The van der Waals surface area contributed by atoms with Crippen molar-refractivity contribution in [2.45, 2.75) is 43.8 Å². The molecule has 23 heavy (non-hydrogen) atoms. The number of hydrogen-bond acceptors (Lipinski definition) is 6. The predicted octanol–water partition coefficient (Wildman–Crippen LogP) is 4.28. The number of ether oxygens (including phenoxy) is 2. The normalized spacial score (nSPS) is 15.5. The minimum atomic E-state index is 0.0909. The van der Waals surface area contributed by atoms with Gasteiger partial charge in [0.05, 0.1) is 18.5 Å². The van der Waals surface area contributed by atoms with Gasteiger partial charge in [-0.3, -0.25) is 0 Å². The number of thioether (sulfide) groups is 1.